The zero-order chi connectivity index (χ0) is 22.7. The number of carbonyl (C=O) groups is 2. The SMILES string of the molecule is O=C(Cc1ccc(N2CCCC2=O)cc1)OCc1nc(-c2ccc(C(F)(F)F)cc2)no1. The third-order valence-corrected chi connectivity index (χ3v) is 4.97. The number of esters is 1. The van der Waals surface area contributed by atoms with Gasteiger partial charge in [0.1, 0.15) is 0 Å². The molecule has 7 nitrogen and oxygen atoms in total. The molecular weight excluding hydrogens is 427 g/mol. The van der Waals surface area contributed by atoms with Gasteiger partial charge in [0, 0.05) is 24.2 Å². The van der Waals surface area contributed by atoms with Crippen LogP contribution in [0.2, 0.25) is 0 Å². The van der Waals surface area contributed by atoms with Crippen molar-refractivity contribution in [3.8, 4) is 11.4 Å². The molecule has 1 aliphatic heterocycles. The number of alkyl halides is 3. The Morgan fingerprint density at radius 3 is 2.44 bits per heavy atom. The van der Waals surface area contributed by atoms with E-state index >= 15 is 0 Å². The first-order valence-corrected chi connectivity index (χ1v) is 9.85. The van der Waals surface area contributed by atoms with Gasteiger partial charge in [-0.25, -0.2) is 0 Å². The molecule has 1 amide bonds. The molecule has 2 heterocycles. The molecule has 0 unspecified atom stereocenters. The highest BCUT2D eigenvalue weighted by Gasteiger charge is 2.30. The van der Waals surface area contributed by atoms with Crippen LogP contribution < -0.4 is 4.90 Å². The first-order chi connectivity index (χ1) is 15.3. The van der Waals surface area contributed by atoms with Crippen LogP contribution in [0.15, 0.2) is 53.1 Å². The molecule has 1 fully saturated rings. The standard InChI is InChI=1S/C22H18F3N3O4/c23-22(24,25)16-7-5-15(6-8-16)21-26-18(32-27-21)13-31-20(30)12-14-3-9-17(10-4-14)28-11-1-2-19(28)29/h3-10H,1-2,11-13H2. The van der Waals surface area contributed by atoms with Gasteiger partial charge in [-0.3, -0.25) is 9.59 Å². The summed E-state index contributed by atoms with van der Waals surface area (Å²) in [4.78, 5) is 29.6. The maximum absolute atomic E-state index is 12.7. The topological polar surface area (TPSA) is 85.5 Å². The second kappa shape index (κ2) is 8.81. The summed E-state index contributed by atoms with van der Waals surface area (Å²) in [7, 11) is 0. The maximum atomic E-state index is 12.7. The third kappa shape index (κ3) is 4.96. The molecule has 3 aromatic rings. The number of nitrogens with zero attached hydrogens (tertiary/aromatic N) is 3. The van der Waals surface area contributed by atoms with Gasteiger partial charge in [0.25, 0.3) is 5.89 Å². The summed E-state index contributed by atoms with van der Waals surface area (Å²) in [6, 6.07) is 11.4. The molecule has 1 aliphatic rings. The molecule has 1 aromatic heterocycles. The average molecular weight is 445 g/mol. The van der Waals surface area contributed by atoms with Gasteiger partial charge in [-0.1, -0.05) is 29.4 Å². The number of rotatable bonds is 6. The molecule has 0 atom stereocenters. The molecule has 32 heavy (non-hydrogen) atoms. The van der Waals surface area contributed by atoms with Crippen molar-refractivity contribution in [2.45, 2.75) is 32.0 Å². The predicted molar refractivity (Wildman–Crippen MR) is 106 cm³/mol. The molecule has 4 rings (SSSR count). The number of halogens is 3. The molecule has 0 saturated carbocycles. The second-order valence-corrected chi connectivity index (χ2v) is 7.24. The first kappa shape index (κ1) is 21.5. The summed E-state index contributed by atoms with van der Waals surface area (Å²) in [5.74, 6) is -0.301. The lowest BCUT2D eigenvalue weighted by Crippen LogP contribution is -2.23. The van der Waals surface area contributed by atoms with E-state index in [1.54, 1.807) is 29.2 Å². The van der Waals surface area contributed by atoms with Crippen LogP contribution in [0.5, 0.6) is 0 Å². The van der Waals surface area contributed by atoms with E-state index in [1.807, 2.05) is 0 Å². The van der Waals surface area contributed by atoms with Crippen LogP contribution in [0.1, 0.15) is 29.9 Å². The Labute approximate surface area is 180 Å². The van der Waals surface area contributed by atoms with Crippen LogP contribution in [0.3, 0.4) is 0 Å². The molecule has 2 aromatic carbocycles. The normalized spacial score (nSPS) is 14.1. The minimum atomic E-state index is -4.43. The summed E-state index contributed by atoms with van der Waals surface area (Å²) < 4.78 is 48.1. The summed E-state index contributed by atoms with van der Waals surface area (Å²) in [6.07, 6.45) is -3.03. The van der Waals surface area contributed by atoms with Crippen LogP contribution in [-0.2, 0) is 33.5 Å². The van der Waals surface area contributed by atoms with E-state index in [-0.39, 0.29) is 30.7 Å². The van der Waals surface area contributed by atoms with Gasteiger partial charge in [0.05, 0.1) is 12.0 Å². The largest absolute Gasteiger partial charge is 0.455 e. The monoisotopic (exact) mass is 445 g/mol. The lowest BCUT2D eigenvalue weighted by atomic mass is 10.1. The van der Waals surface area contributed by atoms with Crippen molar-refractivity contribution in [1.82, 2.24) is 10.1 Å². The highest BCUT2D eigenvalue weighted by atomic mass is 19.4. The number of carbonyl (C=O) groups excluding carboxylic acids is 2. The van der Waals surface area contributed by atoms with Crippen LogP contribution >= 0.6 is 0 Å². The smallest absolute Gasteiger partial charge is 0.416 e. The number of hydrogen-bond donors (Lipinski definition) is 0. The molecule has 0 N–H and O–H groups in total. The Hall–Kier alpha value is -3.69. The average Bonchev–Trinajstić information content (AvgIpc) is 3.41. The lowest BCUT2D eigenvalue weighted by Gasteiger charge is -2.15. The number of benzene rings is 2. The fourth-order valence-corrected chi connectivity index (χ4v) is 3.31. The highest BCUT2D eigenvalue weighted by molar-refractivity contribution is 5.95. The van der Waals surface area contributed by atoms with E-state index in [0.717, 1.165) is 29.8 Å². The van der Waals surface area contributed by atoms with Crippen molar-refractivity contribution in [2.24, 2.45) is 0 Å². The maximum Gasteiger partial charge on any atom is 0.416 e. The fraction of sp³-hybridized carbons (Fsp3) is 0.273. The van der Waals surface area contributed by atoms with Crippen LogP contribution in [0.25, 0.3) is 11.4 Å². The summed E-state index contributed by atoms with van der Waals surface area (Å²) in [5, 5.41) is 3.70. The molecule has 166 valence electrons. The molecular formula is C22H18F3N3O4. The van der Waals surface area contributed by atoms with E-state index in [4.69, 9.17) is 9.26 Å². The van der Waals surface area contributed by atoms with Crippen molar-refractivity contribution in [1.29, 1.82) is 0 Å². The third-order valence-electron chi connectivity index (χ3n) is 4.97. The zero-order valence-corrected chi connectivity index (χ0v) is 16.8. The molecule has 0 radical (unpaired) electrons. The van der Waals surface area contributed by atoms with Crippen LogP contribution in [0, 0.1) is 0 Å². The van der Waals surface area contributed by atoms with Crippen LogP contribution in [0.4, 0.5) is 18.9 Å². The highest BCUT2D eigenvalue weighted by Crippen LogP contribution is 2.30. The van der Waals surface area contributed by atoms with Gasteiger partial charge in [0.2, 0.25) is 11.7 Å². The summed E-state index contributed by atoms with van der Waals surface area (Å²) in [5.41, 5.74) is 1.09. The summed E-state index contributed by atoms with van der Waals surface area (Å²) in [6.45, 7) is 0.436. The molecule has 0 bridgehead atoms. The Morgan fingerprint density at radius 2 is 1.81 bits per heavy atom. The summed E-state index contributed by atoms with van der Waals surface area (Å²) >= 11 is 0. The molecule has 10 heteroatoms. The van der Waals surface area contributed by atoms with Gasteiger partial charge < -0.3 is 14.2 Å². The number of ether oxygens (including phenoxy) is 1. The van der Waals surface area contributed by atoms with E-state index < -0.39 is 17.7 Å². The van der Waals surface area contributed by atoms with E-state index in [1.165, 1.54) is 12.1 Å². The van der Waals surface area contributed by atoms with Crippen LogP contribution in [-0.4, -0.2) is 28.6 Å². The van der Waals surface area contributed by atoms with Crippen molar-refractivity contribution < 1.29 is 32.0 Å². The van der Waals surface area contributed by atoms with Crippen molar-refractivity contribution in [3.05, 3.63) is 65.5 Å². The number of hydrogen-bond acceptors (Lipinski definition) is 6. The molecule has 0 spiro atoms. The van der Waals surface area contributed by atoms with Gasteiger partial charge in [-0.2, -0.15) is 18.2 Å². The predicted octanol–water partition coefficient (Wildman–Crippen LogP) is 4.17. The van der Waals surface area contributed by atoms with Gasteiger partial charge in [0.15, 0.2) is 6.61 Å². The quantitative estimate of drug-likeness (QED) is 0.530. The Kier molecular flexibility index (Phi) is 5.93. The van der Waals surface area contributed by atoms with Gasteiger partial charge >= 0.3 is 12.1 Å². The van der Waals surface area contributed by atoms with E-state index in [0.29, 0.717) is 18.5 Å². The van der Waals surface area contributed by atoms with Gasteiger partial charge in [-0.15, -0.1) is 0 Å². The zero-order valence-electron chi connectivity index (χ0n) is 16.8. The molecule has 0 aliphatic carbocycles. The minimum absolute atomic E-state index is 0.0219. The number of anilines is 1. The van der Waals surface area contributed by atoms with E-state index in [9.17, 15) is 22.8 Å². The van der Waals surface area contributed by atoms with Crippen molar-refractivity contribution in [2.75, 3.05) is 11.4 Å². The fourth-order valence-electron chi connectivity index (χ4n) is 3.31. The van der Waals surface area contributed by atoms with Crippen molar-refractivity contribution in [3.63, 3.8) is 0 Å². The second-order valence-electron chi connectivity index (χ2n) is 7.24. The minimum Gasteiger partial charge on any atom is -0.455 e. The Morgan fingerprint density at radius 1 is 1.09 bits per heavy atom. The van der Waals surface area contributed by atoms with E-state index in [2.05, 4.69) is 10.1 Å². The Balaban J connectivity index is 1.30. The Bertz CT molecular complexity index is 1110. The number of amides is 1. The molecule has 1 saturated heterocycles. The van der Waals surface area contributed by atoms with Gasteiger partial charge in [-0.05, 0) is 36.2 Å². The lowest BCUT2D eigenvalue weighted by molar-refractivity contribution is -0.145. The first-order valence-electron chi connectivity index (χ1n) is 9.85. The van der Waals surface area contributed by atoms with Crippen molar-refractivity contribution >= 4 is 17.6 Å². The number of aromatic nitrogens is 2.